The van der Waals surface area contributed by atoms with Crippen molar-refractivity contribution in [3.05, 3.63) is 33.9 Å². The molecule has 0 aromatic heterocycles. The molecule has 150 valence electrons. The van der Waals surface area contributed by atoms with Gasteiger partial charge in [0, 0.05) is 31.3 Å². The predicted octanol–water partition coefficient (Wildman–Crippen LogP) is 2.67. The van der Waals surface area contributed by atoms with Gasteiger partial charge in [-0.2, -0.15) is 0 Å². The van der Waals surface area contributed by atoms with Crippen molar-refractivity contribution in [2.24, 2.45) is 23.7 Å². The zero-order chi connectivity index (χ0) is 19.6. The number of fused-ring (bicyclic) bond motifs is 1. The Labute approximate surface area is 164 Å². The molecule has 2 bridgehead atoms. The van der Waals surface area contributed by atoms with E-state index in [1.165, 1.54) is 6.07 Å². The van der Waals surface area contributed by atoms with Gasteiger partial charge in [0.2, 0.25) is 0 Å². The zero-order valence-electron chi connectivity index (χ0n) is 16.2. The van der Waals surface area contributed by atoms with Crippen LogP contribution in [0.5, 0.6) is 0 Å². The minimum Gasteiger partial charge on any atom is -0.391 e. The smallest absolute Gasteiger partial charge is 0.293 e. The SMILES string of the molecule is C[C@@H]1CCCN(c2ccc(C(=O)N3C[C@@H]4C[C@H]5C[C@H]4[C@H]3[C@H]5O)cc2[N+](=O)[O-])C1. The molecule has 1 amide bonds. The lowest BCUT2D eigenvalue weighted by Gasteiger charge is -2.32. The lowest BCUT2D eigenvalue weighted by molar-refractivity contribution is -0.384. The van der Waals surface area contributed by atoms with Gasteiger partial charge < -0.3 is 14.9 Å². The Hall–Kier alpha value is -2.15. The van der Waals surface area contributed by atoms with Crippen molar-refractivity contribution in [2.75, 3.05) is 24.5 Å². The first-order valence-corrected chi connectivity index (χ1v) is 10.5. The van der Waals surface area contributed by atoms with E-state index in [-0.39, 0.29) is 22.6 Å². The van der Waals surface area contributed by atoms with E-state index in [2.05, 4.69) is 11.8 Å². The minimum atomic E-state index is -0.447. The number of hydrogen-bond donors (Lipinski definition) is 1. The Morgan fingerprint density at radius 1 is 1.25 bits per heavy atom. The number of rotatable bonds is 3. The molecule has 5 rings (SSSR count). The molecule has 28 heavy (non-hydrogen) atoms. The van der Waals surface area contributed by atoms with E-state index in [9.17, 15) is 20.0 Å². The number of benzene rings is 1. The zero-order valence-corrected chi connectivity index (χ0v) is 16.2. The standard InChI is InChI=1S/C21H27N3O4/c1-12-3-2-6-22(10-12)17-5-4-13(9-18(17)24(27)28)21(26)23-11-15-7-14-8-16(15)19(23)20(14)25/h4-5,9,12,14-16,19-20,25H,2-3,6-8,10-11H2,1H3/t12-,14+,15+,16-,19+,20+/m1/s1. The third kappa shape index (κ3) is 2.63. The van der Waals surface area contributed by atoms with Crippen LogP contribution in [0.3, 0.4) is 0 Å². The molecule has 2 aliphatic carbocycles. The monoisotopic (exact) mass is 385 g/mol. The molecule has 0 unspecified atom stereocenters. The Kier molecular flexibility index (Phi) is 4.12. The topological polar surface area (TPSA) is 86.9 Å². The van der Waals surface area contributed by atoms with Crippen LogP contribution in [0.4, 0.5) is 11.4 Å². The summed E-state index contributed by atoms with van der Waals surface area (Å²) < 4.78 is 0. The van der Waals surface area contributed by atoms with Gasteiger partial charge in [0.25, 0.3) is 11.6 Å². The number of piperidine rings is 1. The summed E-state index contributed by atoms with van der Waals surface area (Å²) in [5, 5.41) is 22.3. The molecule has 0 radical (unpaired) electrons. The second-order valence-corrected chi connectivity index (χ2v) is 9.25. The van der Waals surface area contributed by atoms with Crippen LogP contribution in [-0.4, -0.2) is 52.6 Å². The van der Waals surface area contributed by atoms with Crippen LogP contribution in [-0.2, 0) is 0 Å². The fourth-order valence-electron chi connectivity index (χ4n) is 6.29. The second-order valence-electron chi connectivity index (χ2n) is 9.25. The Morgan fingerprint density at radius 3 is 2.79 bits per heavy atom. The summed E-state index contributed by atoms with van der Waals surface area (Å²) in [6.45, 7) is 4.45. The molecule has 1 aromatic carbocycles. The third-order valence-electron chi connectivity index (χ3n) is 7.53. The fraction of sp³-hybridized carbons (Fsp3) is 0.667. The number of carbonyl (C=O) groups excluding carboxylic acids is 1. The van der Waals surface area contributed by atoms with Crippen molar-refractivity contribution in [2.45, 2.75) is 44.8 Å². The summed E-state index contributed by atoms with van der Waals surface area (Å²) in [7, 11) is 0. The van der Waals surface area contributed by atoms with E-state index >= 15 is 0 Å². The van der Waals surface area contributed by atoms with Crippen LogP contribution in [0.25, 0.3) is 0 Å². The van der Waals surface area contributed by atoms with E-state index in [1.807, 2.05) is 0 Å². The summed E-state index contributed by atoms with van der Waals surface area (Å²) in [5.41, 5.74) is 0.972. The Balaban J connectivity index is 1.43. The van der Waals surface area contributed by atoms with Gasteiger partial charge in [-0.3, -0.25) is 14.9 Å². The highest BCUT2D eigenvalue weighted by Crippen LogP contribution is 2.55. The van der Waals surface area contributed by atoms with Gasteiger partial charge in [0.1, 0.15) is 5.69 Å². The number of nitrogens with zero attached hydrogens (tertiary/aromatic N) is 3. The average molecular weight is 385 g/mol. The number of nitro groups is 1. The molecule has 1 aromatic rings. The summed E-state index contributed by atoms with van der Waals surface area (Å²) >= 11 is 0. The Morgan fingerprint density at radius 2 is 2.07 bits per heavy atom. The molecule has 1 N–H and O–H groups in total. The predicted molar refractivity (Wildman–Crippen MR) is 104 cm³/mol. The van der Waals surface area contributed by atoms with Gasteiger partial charge in [0.05, 0.1) is 17.1 Å². The number of nitro benzene ring substituents is 1. The normalized spacial score (nSPS) is 36.2. The van der Waals surface area contributed by atoms with E-state index < -0.39 is 6.10 Å². The summed E-state index contributed by atoms with van der Waals surface area (Å²) in [6, 6.07) is 4.79. The second kappa shape index (κ2) is 6.44. The summed E-state index contributed by atoms with van der Waals surface area (Å²) in [5.74, 6) is 1.52. The highest BCUT2D eigenvalue weighted by molar-refractivity contribution is 5.96. The maximum atomic E-state index is 13.2. The molecule has 7 heteroatoms. The van der Waals surface area contributed by atoms with Crippen molar-refractivity contribution >= 4 is 17.3 Å². The first kappa shape index (κ1) is 17.9. The molecule has 6 atom stereocenters. The van der Waals surface area contributed by atoms with Crippen LogP contribution >= 0.6 is 0 Å². The number of aliphatic hydroxyl groups excluding tert-OH is 1. The molecule has 4 aliphatic rings. The minimum absolute atomic E-state index is 0.00645. The molecule has 2 saturated heterocycles. The molecule has 2 aliphatic heterocycles. The van der Waals surface area contributed by atoms with Gasteiger partial charge in [0.15, 0.2) is 0 Å². The van der Waals surface area contributed by atoms with Gasteiger partial charge in [-0.1, -0.05) is 6.92 Å². The number of anilines is 1. The first-order chi connectivity index (χ1) is 13.4. The van der Waals surface area contributed by atoms with Gasteiger partial charge in [-0.25, -0.2) is 0 Å². The van der Waals surface area contributed by atoms with Crippen LogP contribution in [0.15, 0.2) is 18.2 Å². The van der Waals surface area contributed by atoms with Crippen molar-refractivity contribution < 1.29 is 14.8 Å². The van der Waals surface area contributed by atoms with Gasteiger partial charge in [-0.15, -0.1) is 0 Å². The number of hydrogen-bond acceptors (Lipinski definition) is 5. The largest absolute Gasteiger partial charge is 0.391 e. The first-order valence-electron chi connectivity index (χ1n) is 10.5. The fourth-order valence-corrected chi connectivity index (χ4v) is 6.29. The van der Waals surface area contributed by atoms with E-state index in [4.69, 9.17) is 0 Å². The highest BCUT2D eigenvalue weighted by Gasteiger charge is 2.60. The Bertz CT molecular complexity index is 826. The van der Waals surface area contributed by atoms with Crippen LogP contribution < -0.4 is 4.90 Å². The maximum Gasteiger partial charge on any atom is 0.293 e. The van der Waals surface area contributed by atoms with Crippen LogP contribution in [0, 0.1) is 33.8 Å². The number of aliphatic hydroxyl groups is 1. The van der Waals surface area contributed by atoms with Crippen molar-refractivity contribution in [1.82, 2.24) is 4.90 Å². The number of amides is 1. The molecule has 4 fully saturated rings. The lowest BCUT2D eigenvalue weighted by atomic mass is 9.88. The molecule has 0 spiro atoms. The van der Waals surface area contributed by atoms with E-state index in [0.29, 0.717) is 41.5 Å². The number of likely N-dealkylation sites (tertiary alicyclic amines) is 1. The molecule has 2 heterocycles. The summed E-state index contributed by atoms with van der Waals surface area (Å²) in [4.78, 5) is 28.4. The highest BCUT2D eigenvalue weighted by atomic mass is 16.6. The molecular formula is C21H27N3O4. The quantitative estimate of drug-likeness (QED) is 0.638. The average Bonchev–Trinajstić information content (AvgIpc) is 3.30. The van der Waals surface area contributed by atoms with Crippen molar-refractivity contribution in [1.29, 1.82) is 0 Å². The van der Waals surface area contributed by atoms with Crippen LogP contribution in [0.2, 0.25) is 0 Å². The van der Waals surface area contributed by atoms with Gasteiger partial charge in [-0.05, 0) is 61.5 Å². The summed E-state index contributed by atoms with van der Waals surface area (Å²) in [6.07, 6.45) is 3.72. The van der Waals surface area contributed by atoms with Crippen molar-refractivity contribution in [3.63, 3.8) is 0 Å². The molecule has 7 nitrogen and oxygen atoms in total. The van der Waals surface area contributed by atoms with Crippen LogP contribution in [0.1, 0.15) is 43.0 Å². The number of carbonyl (C=O) groups is 1. The molecular weight excluding hydrogens is 358 g/mol. The van der Waals surface area contributed by atoms with Gasteiger partial charge >= 0.3 is 0 Å². The molecule has 2 saturated carbocycles. The van der Waals surface area contributed by atoms with E-state index in [1.54, 1.807) is 17.0 Å². The van der Waals surface area contributed by atoms with Crippen molar-refractivity contribution in [3.8, 4) is 0 Å². The van der Waals surface area contributed by atoms with E-state index in [0.717, 1.165) is 38.8 Å². The maximum absolute atomic E-state index is 13.2. The third-order valence-corrected chi connectivity index (χ3v) is 7.53. The lowest BCUT2D eigenvalue weighted by Crippen LogP contribution is -2.43.